The highest BCUT2D eigenvalue weighted by molar-refractivity contribution is 5.40. The third-order valence-corrected chi connectivity index (χ3v) is 3.91. The van der Waals surface area contributed by atoms with Crippen LogP contribution >= 0.6 is 0 Å². The van der Waals surface area contributed by atoms with Gasteiger partial charge in [0.25, 0.3) is 0 Å². The highest BCUT2D eigenvalue weighted by atomic mass is 16.5. The zero-order chi connectivity index (χ0) is 14.7. The normalized spacial score (nSPS) is 18.9. The first-order chi connectivity index (χ1) is 10.3. The first-order valence-corrected chi connectivity index (χ1v) is 7.60. The van der Waals surface area contributed by atoms with E-state index in [1.807, 2.05) is 18.2 Å². The molecule has 1 aromatic carbocycles. The molecule has 0 fully saturated rings. The van der Waals surface area contributed by atoms with Gasteiger partial charge in [-0.3, -0.25) is 0 Å². The van der Waals surface area contributed by atoms with Crippen molar-refractivity contribution >= 4 is 0 Å². The Balaban J connectivity index is 1.81. The number of hydrogen-bond donors (Lipinski definition) is 1. The minimum absolute atomic E-state index is 0.130. The Morgan fingerprint density at radius 2 is 2.24 bits per heavy atom. The summed E-state index contributed by atoms with van der Waals surface area (Å²) in [5.74, 6) is 2.30. The number of nitrogens with two attached hydrogens (primary N) is 1. The molecule has 2 heterocycles. The van der Waals surface area contributed by atoms with E-state index in [-0.39, 0.29) is 12.0 Å². The van der Waals surface area contributed by atoms with Crippen molar-refractivity contribution in [3.8, 4) is 5.75 Å². The van der Waals surface area contributed by atoms with Crippen LogP contribution in [-0.2, 0) is 0 Å². The van der Waals surface area contributed by atoms with Crippen molar-refractivity contribution in [3.63, 3.8) is 0 Å². The number of hydrogen-bond acceptors (Lipinski definition) is 5. The number of unbranched alkanes of at least 4 members (excludes halogenated alkanes) is 1. The lowest BCUT2D eigenvalue weighted by molar-refractivity contribution is 0.271. The molecule has 2 N–H and O–H groups in total. The van der Waals surface area contributed by atoms with Gasteiger partial charge in [0.2, 0.25) is 5.89 Å². The average molecular weight is 287 g/mol. The van der Waals surface area contributed by atoms with Gasteiger partial charge in [-0.05, 0) is 18.9 Å². The average Bonchev–Trinajstić information content (AvgIpc) is 3.02. The van der Waals surface area contributed by atoms with E-state index in [1.54, 1.807) is 0 Å². The van der Waals surface area contributed by atoms with Crippen molar-refractivity contribution in [2.45, 2.75) is 44.6 Å². The molecule has 0 spiro atoms. The SMILES string of the molecule is CCCC[C@H](N)c1nc(C2CCOc3ccccc32)no1. The quantitative estimate of drug-likeness (QED) is 0.914. The highest BCUT2D eigenvalue weighted by Gasteiger charge is 2.27. The van der Waals surface area contributed by atoms with E-state index in [0.717, 1.165) is 37.0 Å². The van der Waals surface area contributed by atoms with E-state index in [2.05, 4.69) is 23.1 Å². The van der Waals surface area contributed by atoms with Crippen LogP contribution in [0.3, 0.4) is 0 Å². The van der Waals surface area contributed by atoms with Crippen molar-refractivity contribution in [1.29, 1.82) is 0 Å². The van der Waals surface area contributed by atoms with Gasteiger partial charge in [0.15, 0.2) is 5.82 Å². The van der Waals surface area contributed by atoms with Gasteiger partial charge < -0.3 is 15.0 Å². The van der Waals surface area contributed by atoms with E-state index in [1.165, 1.54) is 0 Å². The molecule has 0 saturated heterocycles. The molecule has 1 aromatic heterocycles. The van der Waals surface area contributed by atoms with Crippen molar-refractivity contribution < 1.29 is 9.26 Å². The van der Waals surface area contributed by atoms with Gasteiger partial charge in [-0.15, -0.1) is 0 Å². The van der Waals surface area contributed by atoms with Gasteiger partial charge >= 0.3 is 0 Å². The van der Waals surface area contributed by atoms with Gasteiger partial charge in [-0.1, -0.05) is 43.1 Å². The minimum atomic E-state index is -0.165. The van der Waals surface area contributed by atoms with Gasteiger partial charge in [0.05, 0.1) is 18.6 Å². The highest BCUT2D eigenvalue weighted by Crippen LogP contribution is 2.36. The molecule has 0 radical (unpaired) electrons. The molecule has 0 aliphatic carbocycles. The summed E-state index contributed by atoms with van der Waals surface area (Å²) in [6, 6.07) is 7.86. The molecule has 0 bridgehead atoms. The Labute approximate surface area is 124 Å². The van der Waals surface area contributed by atoms with Crippen LogP contribution < -0.4 is 10.5 Å². The second-order valence-corrected chi connectivity index (χ2v) is 5.47. The summed E-state index contributed by atoms with van der Waals surface area (Å²) in [5.41, 5.74) is 7.22. The first-order valence-electron chi connectivity index (χ1n) is 7.60. The molecule has 2 aromatic rings. The van der Waals surface area contributed by atoms with Crippen LogP contribution in [0.25, 0.3) is 0 Å². The molecule has 2 atom stereocenters. The molecule has 5 nitrogen and oxygen atoms in total. The van der Waals surface area contributed by atoms with Crippen molar-refractivity contribution in [1.82, 2.24) is 10.1 Å². The topological polar surface area (TPSA) is 74.2 Å². The Morgan fingerprint density at radius 3 is 3.10 bits per heavy atom. The predicted octanol–water partition coefficient (Wildman–Crippen LogP) is 3.17. The smallest absolute Gasteiger partial charge is 0.243 e. The number of ether oxygens (including phenoxy) is 1. The second-order valence-electron chi connectivity index (χ2n) is 5.47. The molecule has 3 rings (SSSR count). The summed E-state index contributed by atoms with van der Waals surface area (Å²) in [6.07, 6.45) is 3.92. The van der Waals surface area contributed by atoms with E-state index in [0.29, 0.717) is 18.3 Å². The van der Waals surface area contributed by atoms with Crippen molar-refractivity contribution in [2.24, 2.45) is 5.73 Å². The van der Waals surface area contributed by atoms with Crippen LogP contribution in [0.4, 0.5) is 0 Å². The maximum Gasteiger partial charge on any atom is 0.243 e. The lowest BCUT2D eigenvalue weighted by Crippen LogP contribution is -2.16. The van der Waals surface area contributed by atoms with E-state index in [4.69, 9.17) is 15.0 Å². The minimum Gasteiger partial charge on any atom is -0.493 e. The first kappa shape index (κ1) is 14.1. The number of rotatable bonds is 5. The number of para-hydroxylation sites is 1. The number of fused-ring (bicyclic) bond motifs is 1. The fourth-order valence-corrected chi connectivity index (χ4v) is 2.70. The van der Waals surface area contributed by atoms with E-state index >= 15 is 0 Å². The van der Waals surface area contributed by atoms with Gasteiger partial charge in [-0.25, -0.2) is 0 Å². The monoisotopic (exact) mass is 287 g/mol. The molecule has 21 heavy (non-hydrogen) atoms. The third-order valence-electron chi connectivity index (χ3n) is 3.91. The second kappa shape index (κ2) is 6.26. The Bertz CT molecular complexity index is 597. The molecule has 1 aliphatic rings. The van der Waals surface area contributed by atoms with E-state index in [9.17, 15) is 0 Å². The molecular formula is C16H21N3O2. The largest absolute Gasteiger partial charge is 0.493 e. The lowest BCUT2D eigenvalue weighted by atomic mass is 9.92. The summed E-state index contributed by atoms with van der Waals surface area (Å²) in [4.78, 5) is 4.53. The third kappa shape index (κ3) is 2.93. The Morgan fingerprint density at radius 1 is 1.38 bits per heavy atom. The number of benzene rings is 1. The van der Waals surface area contributed by atoms with Gasteiger partial charge in [0.1, 0.15) is 5.75 Å². The Kier molecular flexibility index (Phi) is 4.20. The maximum absolute atomic E-state index is 6.10. The summed E-state index contributed by atoms with van der Waals surface area (Å²) in [7, 11) is 0. The van der Waals surface area contributed by atoms with Crippen LogP contribution in [0.5, 0.6) is 5.75 Å². The molecule has 112 valence electrons. The van der Waals surface area contributed by atoms with Crippen LogP contribution in [0.15, 0.2) is 28.8 Å². The fourth-order valence-electron chi connectivity index (χ4n) is 2.70. The van der Waals surface area contributed by atoms with Gasteiger partial charge in [0, 0.05) is 5.56 Å². The van der Waals surface area contributed by atoms with Crippen LogP contribution in [0, 0.1) is 0 Å². The van der Waals surface area contributed by atoms with Crippen molar-refractivity contribution in [3.05, 3.63) is 41.5 Å². The summed E-state index contributed by atoms with van der Waals surface area (Å²) in [5, 5.41) is 4.15. The summed E-state index contributed by atoms with van der Waals surface area (Å²) >= 11 is 0. The summed E-state index contributed by atoms with van der Waals surface area (Å²) in [6.45, 7) is 2.82. The van der Waals surface area contributed by atoms with Crippen LogP contribution in [0.2, 0.25) is 0 Å². The molecular weight excluding hydrogens is 266 g/mol. The molecule has 1 unspecified atom stereocenters. The number of nitrogens with zero attached hydrogens (tertiary/aromatic N) is 2. The van der Waals surface area contributed by atoms with Crippen LogP contribution in [-0.4, -0.2) is 16.7 Å². The predicted molar refractivity (Wildman–Crippen MR) is 79.1 cm³/mol. The molecule has 1 aliphatic heterocycles. The lowest BCUT2D eigenvalue weighted by Gasteiger charge is -2.23. The standard InChI is InChI=1S/C16H21N3O2/c1-2-3-7-13(17)16-18-15(19-21-16)12-9-10-20-14-8-5-4-6-11(12)14/h4-6,8,12-13H,2-3,7,9-10,17H2,1H3/t12?,13-/m0/s1. The summed E-state index contributed by atoms with van der Waals surface area (Å²) < 4.78 is 11.0. The van der Waals surface area contributed by atoms with E-state index < -0.39 is 0 Å². The molecule has 0 amide bonds. The Hall–Kier alpha value is -1.88. The fraction of sp³-hybridized carbons (Fsp3) is 0.500. The zero-order valence-corrected chi connectivity index (χ0v) is 12.3. The number of aromatic nitrogens is 2. The van der Waals surface area contributed by atoms with Gasteiger partial charge in [-0.2, -0.15) is 4.98 Å². The van der Waals surface area contributed by atoms with Crippen molar-refractivity contribution in [2.75, 3.05) is 6.61 Å². The molecule has 5 heteroatoms. The van der Waals surface area contributed by atoms with Crippen LogP contribution in [0.1, 0.15) is 61.8 Å². The maximum atomic E-state index is 6.10. The zero-order valence-electron chi connectivity index (χ0n) is 12.3. The molecule has 0 saturated carbocycles.